The number of piperazine rings is 1. The van der Waals surface area contributed by atoms with Crippen molar-refractivity contribution in [1.82, 2.24) is 19.2 Å². The zero-order valence-electron chi connectivity index (χ0n) is 19.2. The fourth-order valence-corrected chi connectivity index (χ4v) is 4.34. The molecule has 0 saturated carbocycles. The first-order chi connectivity index (χ1) is 16.1. The van der Waals surface area contributed by atoms with Gasteiger partial charge in [0.1, 0.15) is 18.2 Å². The zero-order valence-corrected chi connectivity index (χ0v) is 20.0. The number of rotatable bonds is 10. The van der Waals surface area contributed by atoms with Crippen LogP contribution >= 0.6 is 11.6 Å². The second-order valence-corrected chi connectivity index (χ2v) is 8.68. The summed E-state index contributed by atoms with van der Waals surface area (Å²) in [5.74, 6) is 1.63. The van der Waals surface area contributed by atoms with Crippen LogP contribution < -0.4 is 15.3 Å². The predicted octanol–water partition coefficient (Wildman–Crippen LogP) is 3.55. The summed E-state index contributed by atoms with van der Waals surface area (Å²) in [6.45, 7) is 8.61. The third-order valence-corrected chi connectivity index (χ3v) is 6.30. The molecule has 2 aromatic carbocycles. The number of para-hydroxylation sites is 1. The lowest BCUT2D eigenvalue weighted by atomic mass is 10.2. The highest BCUT2D eigenvalue weighted by atomic mass is 35.5. The number of hydrogen-bond donors (Lipinski definition) is 0. The SMILES string of the molecule is CCc1nn(CCCN2CCN(c3ccc(Cl)cc3)CC2)c(=O)n1CCOc1ccccc1. The van der Waals surface area contributed by atoms with Gasteiger partial charge in [0.25, 0.3) is 0 Å². The van der Waals surface area contributed by atoms with E-state index in [-0.39, 0.29) is 5.69 Å². The summed E-state index contributed by atoms with van der Waals surface area (Å²) in [7, 11) is 0. The highest BCUT2D eigenvalue weighted by Crippen LogP contribution is 2.19. The quantitative estimate of drug-likeness (QED) is 0.454. The number of benzene rings is 2. The standard InChI is InChI=1S/C25H32ClN5O2/c1-2-24-27-31(25(32)30(24)19-20-33-23-7-4-3-5-8-23)14-6-13-28-15-17-29(18-16-28)22-11-9-21(26)10-12-22/h3-5,7-12H,2,6,13-20H2,1H3. The maximum atomic E-state index is 12.9. The van der Waals surface area contributed by atoms with Gasteiger partial charge < -0.3 is 9.64 Å². The lowest BCUT2D eigenvalue weighted by Crippen LogP contribution is -2.46. The van der Waals surface area contributed by atoms with Crippen molar-refractivity contribution in [2.75, 3.05) is 44.2 Å². The molecule has 4 rings (SSSR count). The average molecular weight is 470 g/mol. The fraction of sp³-hybridized carbons (Fsp3) is 0.440. The number of halogens is 1. The van der Waals surface area contributed by atoms with E-state index in [1.54, 1.807) is 9.25 Å². The van der Waals surface area contributed by atoms with Crippen LogP contribution in [0.15, 0.2) is 59.4 Å². The van der Waals surface area contributed by atoms with Gasteiger partial charge in [-0.25, -0.2) is 9.48 Å². The van der Waals surface area contributed by atoms with Crippen LogP contribution in [0.25, 0.3) is 0 Å². The van der Waals surface area contributed by atoms with Gasteiger partial charge in [0.05, 0.1) is 6.54 Å². The Morgan fingerprint density at radius 2 is 1.67 bits per heavy atom. The van der Waals surface area contributed by atoms with Crippen LogP contribution in [-0.2, 0) is 19.5 Å². The van der Waals surface area contributed by atoms with Gasteiger partial charge in [0.15, 0.2) is 0 Å². The van der Waals surface area contributed by atoms with Crippen LogP contribution in [0.5, 0.6) is 5.75 Å². The van der Waals surface area contributed by atoms with Crippen molar-refractivity contribution in [1.29, 1.82) is 0 Å². The maximum absolute atomic E-state index is 12.9. The van der Waals surface area contributed by atoms with Gasteiger partial charge in [-0.05, 0) is 42.8 Å². The second-order valence-electron chi connectivity index (χ2n) is 8.25. The maximum Gasteiger partial charge on any atom is 0.346 e. The van der Waals surface area contributed by atoms with Crippen molar-refractivity contribution in [3.8, 4) is 5.75 Å². The third-order valence-electron chi connectivity index (χ3n) is 6.05. The van der Waals surface area contributed by atoms with Crippen molar-refractivity contribution in [2.24, 2.45) is 0 Å². The van der Waals surface area contributed by atoms with E-state index >= 15 is 0 Å². The molecule has 0 unspecified atom stereocenters. The van der Waals surface area contributed by atoms with E-state index in [2.05, 4.69) is 27.0 Å². The molecule has 1 aliphatic rings. The number of ether oxygens (including phenoxy) is 1. The largest absolute Gasteiger partial charge is 0.492 e. The third kappa shape index (κ3) is 6.18. The molecule has 1 aliphatic heterocycles. The summed E-state index contributed by atoms with van der Waals surface area (Å²) >= 11 is 6.00. The van der Waals surface area contributed by atoms with Crippen molar-refractivity contribution in [3.05, 3.63) is 75.9 Å². The highest BCUT2D eigenvalue weighted by molar-refractivity contribution is 6.30. The minimum absolute atomic E-state index is 0.0453. The molecular formula is C25H32ClN5O2. The highest BCUT2D eigenvalue weighted by Gasteiger charge is 2.17. The summed E-state index contributed by atoms with van der Waals surface area (Å²) in [4.78, 5) is 17.7. The van der Waals surface area contributed by atoms with Crippen LogP contribution in [0, 0.1) is 0 Å². The van der Waals surface area contributed by atoms with E-state index in [0.717, 1.165) is 62.2 Å². The Bertz CT molecular complexity index is 1060. The molecule has 0 radical (unpaired) electrons. The first-order valence-electron chi connectivity index (χ1n) is 11.7. The second kappa shape index (κ2) is 11.4. The molecule has 176 valence electrons. The lowest BCUT2D eigenvalue weighted by Gasteiger charge is -2.36. The molecule has 0 aliphatic carbocycles. The topological polar surface area (TPSA) is 55.5 Å². The van der Waals surface area contributed by atoms with E-state index in [1.807, 2.05) is 49.4 Å². The molecule has 0 atom stereocenters. The average Bonchev–Trinajstić information content (AvgIpc) is 3.15. The smallest absolute Gasteiger partial charge is 0.346 e. The van der Waals surface area contributed by atoms with Gasteiger partial charge in [-0.15, -0.1) is 0 Å². The molecule has 8 heteroatoms. The first-order valence-corrected chi connectivity index (χ1v) is 12.1. The van der Waals surface area contributed by atoms with E-state index in [1.165, 1.54) is 5.69 Å². The number of anilines is 1. The Morgan fingerprint density at radius 3 is 2.36 bits per heavy atom. The Labute approximate surface area is 200 Å². The molecule has 2 heterocycles. The zero-order chi connectivity index (χ0) is 23.0. The predicted molar refractivity (Wildman–Crippen MR) is 133 cm³/mol. The Hall–Kier alpha value is -2.77. The normalized spacial score (nSPS) is 14.5. The molecule has 0 N–H and O–H groups in total. The van der Waals surface area contributed by atoms with Crippen LogP contribution in [0.4, 0.5) is 5.69 Å². The van der Waals surface area contributed by atoms with Gasteiger partial charge in [0, 0.05) is 56.4 Å². The summed E-state index contributed by atoms with van der Waals surface area (Å²) in [6.07, 6.45) is 1.63. The van der Waals surface area contributed by atoms with Gasteiger partial charge in [-0.3, -0.25) is 9.47 Å². The van der Waals surface area contributed by atoms with Crippen molar-refractivity contribution in [3.63, 3.8) is 0 Å². The molecule has 0 bridgehead atoms. The van der Waals surface area contributed by atoms with Crippen LogP contribution in [0.3, 0.4) is 0 Å². The summed E-state index contributed by atoms with van der Waals surface area (Å²) in [5, 5.41) is 5.34. The monoisotopic (exact) mass is 469 g/mol. The van der Waals surface area contributed by atoms with Gasteiger partial charge in [-0.2, -0.15) is 5.10 Å². The minimum atomic E-state index is -0.0453. The number of nitrogens with zero attached hydrogens (tertiary/aromatic N) is 5. The summed E-state index contributed by atoms with van der Waals surface area (Å²) in [5.41, 5.74) is 1.18. The Kier molecular flexibility index (Phi) is 8.07. The van der Waals surface area contributed by atoms with Crippen LogP contribution in [0.1, 0.15) is 19.2 Å². The number of hydrogen-bond acceptors (Lipinski definition) is 5. The van der Waals surface area contributed by atoms with Crippen LogP contribution in [0.2, 0.25) is 5.02 Å². The van der Waals surface area contributed by atoms with Gasteiger partial charge in [0.2, 0.25) is 0 Å². The Morgan fingerprint density at radius 1 is 0.939 bits per heavy atom. The van der Waals surface area contributed by atoms with Crippen molar-refractivity contribution < 1.29 is 4.74 Å². The van der Waals surface area contributed by atoms with Gasteiger partial charge >= 0.3 is 5.69 Å². The number of aromatic nitrogens is 3. The summed E-state index contributed by atoms with van der Waals surface area (Å²) < 4.78 is 9.13. The van der Waals surface area contributed by atoms with E-state index < -0.39 is 0 Å². The molecule has 0 amide bonds. The van der Waals surface area contributed by atoms with Crippen LogP contribution in [-0.4, -0.2) is 58.6 Å². The van der Waals surface area contributed by atoms with E-state index in [9.17, 15) is 4.79 Å². The molecule has 1 aromatic heterocycles. The summed E-state index contributed by atoms with van der Waals surface area (Å²) in [6, 6.07) is 17.7. The molecule has 1 saturated heterocycles. The van der Waals surface area contributed by atoms with Crippen molar-refractivity contribution >= 4 is 17.3 Å². The molecular weight excluding hydrogens is 438 g/mol. The molecule has 1 fully saturated rings. The molecule has 33 heavy (non-hydrogen) atoms. The molecule has 3 aromatic rings. The molecule has 7 nitrogen and oxygen atoms in total. The molecule has 0 spiro atoms. The minimum Gasteiger partial charge on any atom is -0.492 e. The first kappa shape index (κ1) is 23.4. The lowest BCUT2D eigenvalue weighted by molar-refractivity contribution is 0.248. The fourth-order valence-electron chi connectivity index (χ4n) is 4.21. The van der Waals surface area contributed by atoms with E-state index in [0.29, 0.717) is 19.7 Å². The number of aryl methyl sites for hydroxylation is 2. The van der Waals surface area contributed by atoms with Crippen molar-refractivity contribution in [2.45, 2.75) is 32.9 Å². The Balaban J connectivity index is 1.24. The van der Waals surface area contributed by atoms with Gasteiger partial charge in [-0.1, -0.05) is 36.7 Å². The van der Waals surface area contributed by atoms with E-state index in [4.69, 9.17) is 16.3 Å².